The summed E-state index contributed by atoms with van der Waals surface area (Å²) in [6.45, 7) is 0. The van der Waals surface area contributed by atoms with Gasteiger partial charge in [-0.05, 0) is 30.3 Å². The van der Waals surface area contributed by atoms with Crippen molar-refractivity contribution in [2.45, 2.75) is 0 Å². The fraction of sp³-hybridized carbons (Fsp3) is 0. The van der Waals surface area contributed by atoms with Crippen LogP contribution in [0.4, 0.5) is 5.69 Å². The molecule has 0 aliphatic heterocycles. The highest BCUT2D eigenvalue weighted by Crippen LogP contribution is 2.14. The lowest BCUT2D eigenvalue weighted by molar-refractivity contribution is 0.102. The molecule has 1 aromatic carbocycles. The van der Waals surface area contributed by atoms with Crippen LogP contribution in [0.25, 0.3) is 5.82 Å². The molecular weight excluding hydrogens is 270 g/mol. The van der Waals surface area contributed by atoms with Crippen LogP contribution in [0.1, 0.15) is 10.4 Å². The first-order valence-electron chi connectivity index (χ1n) is 6.14. The molecule has 7 nitrogen and oxygen atoms in total. The van der Waals surface area contributed by atoms with Crippen molar-refractivity contribution in [3.8, 4) is 11.6 Å². The number of pyridine rings is 1. The number of anilines is 1. The molecule has 0 unspecified atom stereocenters. The molecule has 0 saturated carbocycles. The molecule has 21 heavy (non-hydrogen) atoms. The molecule has 0 spiro atoms. The fourth-order valence-corrected chi connectivity index (χ4v) is 1.78. The van der Waals surface area contributed by atoms with Crippen LogP contribution in [0.2, 0.25) is 0 Å². The molecule has 0 radical (unpaired) electrons. The largest absolute Gasteiger partial charge is 0.508 e. The monoisotopic (exact) mass is 281 g/mol. The molecule has 104 valence electrons. The van der Waals surface area contributed by atoms with Crippen LogP contribution in [0.5, 0.6) is 5.75 Å². The summed E-state index contributed by atoms with van der Waals surface area (Å²) in [5.41, 5.74) is 0.929. The number of carbonyl (C=O) groups is 1. The Bertz CT molecular complexity index is 753. The van der Waals surface area contributed by atoms with E-state index in [2.05, 4.69) is 20.5 Å². The van der Waals surface area contributed by atoms with Crippen LogP contribution in [0.3, 0.4) is 0 Å². The van der Waals surface area contributed by atoms with E-state index in [-0.39, 0.29) is 11.7 Å². The third kappa shape index (κ3) is 2.86. The summed E-state index contributed by atoms with van der Waals surface area (Å²) < 4.78 is 1.65. The highest BCUT2D eigenvalue weighted by atomic mass is 16.3. The van der Waals surface area contributed by atoms with E-state index < -0.39 is 0 Å². The van der Waals surface area contributed by atoms with Gasteiger partial charge in [-0.1, -0.05) is 6.07 Å². The van der Waals surface area contributed by atoms with Gasteiger partial charge in [0.25, 0.3) is 5.91 Å². The zero-order chi connectivity index (χ0) is 14.7. The van der Waals surface area contributed by atoms with Crippen LogP contribution in [-0.4, -0.2) is 30.8 Å². The number of aromatic nitrogens is 4. The zero-order valence-electron chi connectivity index (χ0n) is 10.8. The summed E-state index contributed by atoms with van der Waals surface area (Å²) in [6, 6.07) is 9.59. The first-order chi connectivity index (χ1) is 10.2. The number of nitrogens with zero attached hydrogens (tertiary/aromatic N) is 4. The molecule has 3 aromatic rings. The maximum absolute atomic E-state index is 12.0. The van der Waals surface area contributed by atoms with E-state index in [0.29, 0.717) is 17.1 Å². The third-order valence-electron chi connectivity index (χ3n) is 2.80. The van der Waals surface area contributed by atoms with E-state index in [1.165, 1.54) is 31.0 Å². The van der Waals surface area contributed by atoms with Crippen LogP contribution in [-0.2, 0) is 0 Å². The molecule has 1 amide bonds. The summed E-state index contributed by atoms with van der Waals surface area (Å²) in [6.07, 6.45) is 4.61. The van der Waals surface area contributed by atoms with Gasteiger partial charge in [0, 0.05) is 5.56 Å². The van der Waals surface area contributed by atoms with Gasteiger partial charge >= 0.3 is 0 Å². The second-order valence-electron chi connectivity index (χ2n) is 4.28. The highest BCUT2D eigenvalue weighted by Gasteiger charge is 2.07. The quantitative estimate of drug-likeness (QED) is 0.761. The van der Waals surface area contributed by atoms with Gasteiger partial charge in [0.2, 0.25) is 0 Å². The molecule has 0 atom stereocenters. The van der Waals surface area contributed by atoms with Gasteiger partial charge in [0.05, 0.1) is 11.9 Å². The summed E-state index contributed by atoms with van der Waals surface area (Å²) in [4.78, 5) is 16.2. The fourth-order valence-electron chi connectivity index (χ4n) is 1.78. The number of phenols is 1. The van der Waals surface area contributed by atoms with Gasteiger partial charge in [-0.3, -0.25) is 9.36 Å². The van der Waals surface area contributed by atoms with E-state index in [1.54, 1.807) is 28.8 Å². The Morgan fingerprint density at radius 2 is 1.95 bits per heavy atom. The molecule has 0 aliphatic carbocycles. The average molecular weight is 281 g/mol. The summed E-state index contributed by atoms with van der Waals surface area (Å²) in [5.74, 6) is 0.379. The van der Waals surface area contributed by atoms with Gasteiger partial charge in [0.15, 0.2) is 0 Å². The smallest absolute Gasteiger partial charge is 0.255 e. The van der Waals surface area contributed by atoms with Crippen molar-refractivity contribution >= 4 is 11.6 Å². The van der Waals surface area contributed by atoms with Crippen LogP contribution >= 0.6 is 0 Å². The van der Waals surface area contributed by atoms with Crippen molar-refractivity contribution < 1.29 is 9.90 Å². The topological polar surface area (TPSA) is 92.9 Å². The van der Waals surface area contributed by atoms with Crippen molar-refractivity contribution in [3.63, 3.8) is 0 Å². The Hall–Kier alpha value is -3.22. The highest BCUT2D eigenvalue weighted by molar-refractivity contribution is 6.04. The molecule has 2 N–H and O–H groups in total. The Kier molecular flexibility index (Phi) is 3.30. The molecule has 3 rings (SSSR count). The number of carbonyl (C=O) groups excluding carboxylic acids is 1. The number of hydrogen-bond acceptors (Lipinski definition) is 5. The second kappa shape index (κ2) is 5.41. The van der Waals surface area contributed by atoms with E-state index in [1.807, 2.05) is 0 Å². The van der Waals surface area contributed by atoms with Crippen LogP contribution in [0, 0.1) is 0 Å². The second-order valence-corrected chi connectivity index (χ2v) is 4.28. The van der Waals surface area contributed by atoms with Gasteiger partial charge in [-0.25, -0.2) is 4.98 Å². The molecule has 2 heterocycles. The van der Waals surface area contributed by atoms with Gasteiger partial charge in [0.1, 0.15) is 24.2 Å². The first-order valence-corrected chi connectivity index (χ1v) is 6.14. The SMILES string of the molecule is O=C(Nc1ccc(-n2cnnc2)nc1)c1cccc(O)c1. The van der Waals surface area contributed by atoms with E-state index in [0.717, 1.165) is 0 Å². The zero-order valence-corrected chi connectivity index (χ0v) is 10.8. The number of phenolic OH excluding ortho intramolecular Hbond substituents is 1. The van der Waals surface area contributed by atoms with Gasteiger partial charge < -0.3 is 10.4 Å². The summed E-state index contributed by atoms with van der Waals surface area (Å²) in [7, 11) is 0. The molecule has 2 aromatic heterocycles. The number of amides is 1. The standard InChI is InChI=1S/C14H11N5O2/c20-12-3-1-2-10(6-12)14(21)18-11-4-5-13(15-7-11)19-8-16-17-9-19/h1-9,20H,(H,18,21). The maximum atomic E-state index is 12.0. The Morgan fingerprint density at radius 1 is 1.14 bits per heavy atom. The number of hydrogen-bond donors (Lipinski definition) is 2. The third-order valence-corrected chi connectivity index (χ3v) is 2.80. The van der Waals surface area contributed by atoms with Crippen molar-refractivity contribution in [2.24, 2.45) is 0 Å². The number of aromatic hydroxyl groups is 1. The van der Waals surface area contributed by atoms with E-state index in [9.17, 15) is 9.90 Å². The molecule has 7 heteroatoms. The minimum Gasteiger partial charge on any atom is -0.508 e. The summed E-state index contributed by atoms with van der Waals surface area (Å²) in [5, 5.41) is 19.5. The maximum Gasteiger partial charge on any atom is 0.255 e. The number of rotatable bonds is 3. The normalized spacial score (nSPS) is 10.3. The Balaban J connectivity index is 1.75. The van der Waals surface area contributed by atoms with Crippen LogP contribution in [0.15, 0.2) is 55.2 Å². The Labute approximate surface area is 119 Å². The number of benzene rings is 1. The minimum absolute atomic E-state index is 0.0451. The van der Waals surface area contributed by atoms with Crippen molar-refractivity contribution in [3.05, 3.63) is 60.8 Å². The lowest BCUT2D eigenvalue weighted by atomic mass is 10.2. The average Bonchev–Trinajstić information content (AvgIpc) is 3.02. The molecule has 0 aliphatic rings. The van der Waals surface area contributed by atoms with E-state index in [4.69, 9.17) is 0 Å². The predicted octanol–water partition coefficient (Wildman–Crippen LogP) is 1.62. The minimum atomic E-state index is -0.315. The molecule has 0 fully saturated rings. The van der Waals surface area contributed by atoms with Crippen molar-refractivity contribution in [1.82, 2.24) is 19.7 Å². The number of nitrogens with one attached hydrogen (secondary N) is 1. The van der Waals surface area contributed by atoms with E-state index >= 15 is 0 Å². The molecule has 0 bridgehead atoms. The predicted molar refractivity (Wildman–Crippen MR) is 75.2 cm³/mol. The van der Waals surface area contributed by atoms with Crippen molar-refractivity contribution in [2.75, 3.05) is 5.32 Å². The van der Waals surface area contributed by atoms with Crippen molar-refractivity contribution in [1.29, 1.82) is 0 Å². The Morgan fingerprint density at radius 3 is 2.62 bits per heavy atom. The van der Waals surface area contributed by atoms with Gasteiger partial charge in [-0.15, -0.1) is 10.2 Å². The molecular formula is C14H11N5O2. The molecule has 0 saturated heterocycles. The van der Waals surface area contributed by atoms with Crippen LogP contribution < -0.4 is 5.32 Å². The summed E-state index contributed by atoms with van der Waals surface area (Å²) >= 11 is 0. The first kappa shape index (κ1) is 12.8. The lowest BCUT2D eigenvalue weighted by Gasteiger charge is -2.06. The lowest BCUT2D eigenvalue weighted by Crippen LogP contribution is -2.12. The van der Waals surface area contributed by atoms with Gasteiger partial charge in [-0.2, -0.15) is 0 Å².